The lowest BCUT2D eigenvalue weighted by Gasteiger charge is -2.35. The number of benzene rings is 1. The first-order chi connectivity index (χ1) is 28.0. The molecule has 1 aliphatic heterocycles. The van der Waals surface area contributed by atoms with E-state index in [4.69, 9.17) is 11.6 Å². The van der Waals surface area contributed by atoms with Gasteiger partial charge in [-0.3, -0.25) is 9.59 Å². The number of Topliss-reactive ketones (excluding diaryl/α,β-unsaturated/α-hetero) is 1. The number of carbonyl (C=O) groups excluding carboxylic acids is 3. The Labute approximate surface area is 369 Å². The summed E-state index contributed by atoms with van der Waals surface area (Å²) in [6.07, 6.45) is 11.6. The number of carbonyl (C=O) groups is 3. The summed E-state index contributed by atoms with van der Waals surface area (Å²) in [5.41, 5.74) is 2.08. The lowest BCUT2D eigenvalue weighted by atomic mass is 9.82. The van der Waals surface area contributed by atoms with Gasteiger partial charge in [-0.15, -0.1) is 0 Å². The number of alkyl halides is 5. The zero-order valence-electron chi connectivity index (χ0n) is 37.5. The van der Waals surface area contributed by atoms with Crippen LogP contribution < -0.4 is 0 Å². The van der Waals surface area contributed by atoms with Gasteiger partial charge in [-0.05, 0) is 99.3 Å². The molecule has 2 heterocycles. The third-order valence-electron chi connectivity index (χ3n) is 10.8. The minimum Gasteiger partial charge on any atom is -0.344 e. The molecule has 0 bridgehead atoms. The molecule has 1 amide bonds. The van der Waals surface area contributed by atoms with E-state index >= 15 is 0 Å². The van der Waals surface area contributed by atoms with E-state index in [1.165, 1.54) is 44.1 Å². The van der Waals surface area contributed by atoms with Crippen LogP contribution in [0.5, 0.6) is 0 Å². The van der Waals surface area contributed by atoms with Gasteiger partial charge < -0.3 is 14.6 Å². The first kappa shape index (κ1) is 55.0. The van der Waals surface area contributed by atoms with Gasteiger partial charge in [0.25, 0.3) is 0 Å². The van der Waals surface area contributed by atoms with E-state index in [1.54, 1.807) is 23.8 Å². The molecule has 1 aromatic carbocycles. The Morgan fingerprint density at radius 2 is 1.75 bits per heavy atom. The molecule has 0 radical (unpaired) electrons. The molecule has 2 aliphatic rings. The second-order valence-electron chi connectivity index (χ2n) is 16.9. The Morgan fingerprint density at radius 1 is 1.10 bits per heavy atom. The molecule has 0 spiro atoms. The Bertz CT molecular complexity index is 1700. The fourth-order valence-corrected chi connectivity index (χ4v) is 7.59. The van der Waals surface area contributed by atoms with Crippen LogP contribution in [0.25, 0.3) is 0 Å². The van der Waals surface area contributed by atoms with Crippen LogP contribution in [0.15, 0.2) is 58.6 Å². The van der Waals surface area contributed by atoms with Crippen LogP contribution in [0.1, 0.15) is 151 Å². The molecule has 1 saturated heterocycles. The summed E-state index contributed by atoms with van der Waals surface area (Å²) in [5, 5.41) is 4.40. The summed E-state index contributed by atoms with van der Waals surface area (Å²) in [7, 11) is 1.70. The third-order valence-corrected chi connectivity index (χ3v) is 11.6. The van der Waals surface area contributed by atoms with E-state index in [0.29, 0.717) is 42.5 Å². The highest BCUT2D eigenvalue weighted by atomic mass is 79.9. The highest BCUT2D eigenvalue weighted by Gasteiger charge is 2.39. The number of ketones is 1. The van der Waals surface area contributed by atoms with E-state index < -0.39 is 24.3 Å². The Hall–Kier alpha value is -3.06. The number of nitrogens with zero attached hydrogens (tertiary/aromatic N) is 4. The summed E-state index contributed by atoms with van der Waals surface area (Å²) in [6, 6.07) is 5.68. The van der Waals surface area contributed by atoms with Gasteiger partial charge in [-0.2, -0.15) is 27.1 Å². The third kappa shape index (κ3) is 19.3. The minimum absolute atomic E-state index is 0.0401. The molecule has 4 unspecified atom stereocenters. The predicted octanol–water partition coefficient (Wildman–Crippen LogP) is 13.8. The van der Waals surface area contributed by atoms with Gasteiger partial charge in [-0.1, -0.05) is 114 Å². The number of aldehydes is 1. The number of likely N-dealkylation sites (N-methyl/N-ethyl adjacent to an activating group) is 1. The van der Waals surface area contributed by atoms with Gasteiger partial charge in [0.05, 0.1) is 6.20 Å². The lowest BCUT2D eigenvalue weighted by Crippen LogP contribution is -2.39. The number of hydrogen-bond acceptors (Lipinski definition) is 5. The van der Waals surface area contributed by atoms with Crippen molar-refractivity contribution in [3.63, 3.8) is 0 Å². The predicted molar refractivity (Wildman–Crippen MR) is 237 cm³/mol. The van der Waals surface area contributed by atoms with Gasteiger partial charge in [0.2, 0.25) is 5.91 Å². The zero-order valence-corrected chi connectivity index (χ0v) is 39.9. The molecular formula is C46H69BrClF5N4O3. The molecule has 2 aromatic rings. The molecule has 0 N–H and O–H groups in total. The second-order valence-corrected chi connectivity index (χ2v) is 18.2. The van der Waals surface area contributed by atoms with E-state index in [-0.39, 0.29) is 28.9 Å². The van der Waals surface area contributed by atoms with Crippen LogP contribution in [0.2, 0.25) is 5.02 Å². The number of rotatable bonds is 17. The topological polar surface area (TPSA) is 75.5 Å². The highest BCUT2D eigenvalue weighted by Crippen LogP contribution is 2.52. The van der Waals surface area contributed by atoms with Crippen molar-refractivity contribution in [1.29, 1.82) is 0 Å². The van der Waals surface area contributed by atoms with Gasteiger partial charge in [0.1, 0.15) is 18.1 Å². The number of halogens is 7. The molecule has 60 heavy (non-hydrogen) atoms. The fourth-order valence-electron chi connectivity index (χ4n) is 6.78. The van der Waals surface area contributed by atoms with Crippen LogP contribution in [0.3, 0.4) is 0 Å². The molecule has 340 valence electrons. The molecule has 1 aliphatic carbocycles. The molecule has 5 atom stereocenters. The van der Waals surface area contributed by atoms with Crippen molar-refractivity contribution in [2.45, 2.75) is 158 Å². The Morgan fingerprint density at radius 3 is 2.18 bits per heavy atom. The van der Waals surface area contributed by atoms with Crippen LogP contribution in [-0.4, -0.2) is 63.4 Å². The van der Waals surface area contributed by atoms with Crippen molar-refractivity contribution in [3.05, 3.63) is 74.8 Å². The molecule has 7 nitrogen and oxygen atoms in total. The van der Waals surface area contributed by atoms with Crippen molar-refractivity contribution in [2.24, 2.45) is 23.2 Å². The highest BCUT2D eigenvalue weighted by molar-refractivity contribution is 9.10. The maximum absolute atomic E-state index is 13.2. The van der Waals surface area contributed by atoms with Crippen LogP contribution in [0, 0.1) is 23.2 Å². The van der Waals surface area contributed by atoms with Crippen molar-refractivity contribution in [3.8, 4) is 0 Å². The smallest absolute Gasteiger partial charge is 0.344 e. The number of allylic oxidation sites excluding steroid dienone is 3. The Balaban J connectivity index is 0.000000446. The lowest BCUT2D eigenvalue weighted by molar-refractivity contribution is -0.130. The molecule has 1 aromatic heterocycles. The van der Waals surface area contributed by atoms with Gasteiger partial charge in [0.15, 0.2) is 0 Å². The quantitative estimate of drug-likeness (QED) is 0.117. The maximum atomic E-state index is 13.2. The van der Waals surface area contributed by atoms with Crippen molar-refractivity contribution in [2.75, 3.05) is 13.6 Å². The van der Waals surface area contributed by atoms with Crippen LogP contribution >= 0.6 is 27.5 Å². The van der Waals surface area contributed by atoms with Gasteiger partial charge in [0, 0.05) is 58.6 Å². The fraction of sp³-hybridized carbons (Fsp3) is 0.652. The largest absolute Gasteiger partial charge is 0.413 e. The molecule has 4 rings (SSSR count). The minimum atomic E-state index is -4.40. The van der Waals surface area contributed by atoms with Gasteiger partial charge >= 0.3 is 12.7 Å². The second kappa shape index (κ2) is 26.4. The van der Waals surface area contributed by atoms with E-state index in [2.05, 4.69) is 60.9 Å². The standard InChI is InChI=1S/C20H33F3N2O.C12H14BrCl.C9H12F2N2O.C5H10O/c1-7-9-16(13-19(4,5)11-8-2)25(14-15(3)20(21,22)23)17-10-12-24(6)18(17)26;1-2-3-8-6-11(8)10-5-4-9(13)7-12(10)14;1-6(7(2)14)3-8-4-12-13(5-8)9(10)11;1-3-5(2)4-6/h9,14,17H,7-8,10-13H2,1-6H3;4-5,7-8,11H,2-3,6H2,1H3;4-6,9H,3H2,1-2H3;4-5H,3H2,1-2H3/b15-14+,16-9+;;;/t;8-,11?;;/m.1../s1. The first-order valence-corrected chi connectivity index (χ1v) is 22.3. The Kier molecular flexibility index (Phi) is 24.2. The number of likely N-dealkylation sites (tertiary alicyclic amines) is 1. The van der Waals surface area contributed by atoms with Crippen molar-refractivity contribution < 1.29 is 36.3 Å². The van der Waals surface area contributed by atoms with E-state index in [0.717, 1.165) is 65.7 Å². The van der Waals surface area contributed by atoms with Crippen molar-refractivity contribution >= 4 is 45.5 Å². The average Bonchev–Trinajstić information content (AvgIpc) is 3.61. The van der Waals surface area contributed by atoms with Gasteiger partial charge in [-0.25, -0.2) is 4.68 Å². The summed E-state index contributed by atoms with van der Waals surface area (Å²) >= 11 is 9.63. The van der Waals surface area contributed by atoms with Crippen molar-refractivity contribution in [1.82, 2.24) is 19.6 Å². The number of aromatic nitrogens is 2. The summed E-state index contributed by atoms with van der Waals surface area (Å²) in [4.78, 5) is 36.4. The zero-order chi connectivity index (χ0) is 46.0. The monoisotopic (exact) mass is 934 g/mol. The molecule has 14 heteroatoms. The van der Waals surface area contributed by atoms with Crippen LogP contribution in [-0.2, 0) is 20.8 Å². The van der Waals surface area contributed by atoms with E-state index in [9.17, 15) is 36.3 Å². The maximum Gasteiger partial charge on any atom is 0.413 e. The SMILES string of the molecule is CC(=O)C(C)Cc1cnn(C(F)F)c1.CC/C=C(\CC(C)(C)CCC)N(/C=C(\C)C(F)(F)F)C1CCN(C)C1=O.CCC(C)C=O.CCC[C@@H]1CC1c1ccc(Br)cc1Cl. The number of hydrogen-bond donors (Lipinski definition) is 0. The molecule has 1 saturated carbocycles. The molecule has 2 fully saturated rings. The number of amides is 1. The summed E-state index contributed by atoms with van der Waals surface area (Å²) in [5.74, 6) is 1.66. The molecular weight excluding hydrogens is 867 g/mol. The normalized spacial score (nSPS) is 19.0. The van der Waals surface area contributed by atoms with Crippen LogP contribution in [0.4, 0.5) is 22.0 Å². The summed E-state index contributed by atoms with van der Waals surface area (Å²) < 4.78 is 65.4. The summed E-state index contributed by atoms with van der Waals surface area (Å²) in [6.45, 7) is 16.8. The van der Waals surface area contributed by atoms with E-state index in [1.807, 2.05) is 32.9 Å². The first-order valence-electron chi connectivity index (χ1n) is 21.2. The average molecular weight is 936 g/mol.